The van der Waals surface area contributed by atoms with Gasteiger partial charge in [0.1, 0.15) is 11.4 Å². The fourth-order valence-corrected chi connectivity index (χ4v) is 6.97. The molecule has 2 heterocycles. The third-order valence-corrected chi connectivity index (χ3v) is 8.75. The summed E-state index contributed by atoms with van der Waals surface area (Å²) in [7, 11) is 3.55. The average molecular weight is 602 g/mol. The Morgan fingerprint density at radius 1 is 1.16 bits per heavy atom. The molecule has 1 N–H and O–H groups in total. The van der Waals surface area contributed by atoms with Crippen molar-refractivity contribution < 1.29 is 52.7 Å². The summed E-state index contributed by atoms with van der Waals surface area (Å²) in [6.45, 7) is 8.05. The quantitative estimate of drug-likeness (QED) is 0.344. The summed E-state index contributed by atoms with van der Waals surface area (Å²) in [6, 6.07) is 3.69. The molecule has 234 valence electrons. The highest BCUT2D eigenvalue weighted by atomic mass is 16.6. The molecule has 2 bridgehead atoms. The molecular formula is C31H39NO11. The molecule has 0 radical (unpaired) electrons. The molecule has 0 aromatic heterocycles. The number of ether oxygens (including phenoxy) is 6. The Labute approximate surface area is 250 Å². The molecule has 0 saturated carbocycles. The van der Waals surface area contributed by atoms with Crippen molar-refractivity contribution in [3.05, 3.63) is 35.1 Å². The third kappa shape index (κ3) is 5.14. The Hall–Kier alpha value is -3.64. The topological polar surface area (TPSA) is 147 Å². The van der Waals surface area contributed by atoms with Crippen molar-refractivity contribution in [3.8, 4) is 11.5 Å². The number of hydrogen-bond acceptors (Lipinski definition) is 12. The van der Waals surface area contributed by atoms with Crippen LogP contribution in [0.5, 0.6) is 11.5 Å². The molecule has 1 spiro atoms. The van der Waals surface area contributed by atoms with Crippen molar-refractivity contribution in [1.82, 2.24) is 4.90 Å². The minimum atomic E-state index is -1.54. The van der Waals surface area contributed by atoms with Crippen molar-refractivity contribution in [2.75, 3.05) is 20.7 Å². The Balaban J connectivity index is 1.34. The highest BCUT2D eigenvalue weighted by molar-refractivity contribution is 5.86. The molecule has 1 saturated heterocycles. The van der Waals surface area contributed by atoms with Gasteiger partial charge < -0.3 is 38.4 Å². The lowest BCUT2D eigenvalue weighted by molar-refractivity contribution is -0.181. The van der Waals surface area contributed by atoms with Gasteiger partial charge in [-0.1, -0.05) is 6.07 Å². The molecule has 6 atom stereocenters. The number of piperidine rings is 1. The van der Waals surface area contributed by atoms with Crippen LogP contribution in [0.3, 0.4) is 0 Å². The maximum atomic E-state index is 13.2. The van der Waals surface area contributed by atoms with E-state index in [0.717, 1.165) is 18.1 Å². The first-order valence-corrected chi connectivity index (χ1v) is 14.4. The molecule has 43 heavy (non-hydrogen) atoms. The van der Waals surface area contributed by atoms with E-state index in [0.29, 0.717) is 30.9 Å². The number of nitrogens with zero attached hydrogens (tertiary/aromatic N) is 1. The highest BCUT2D eigenvalue weighted by Crippen LogP contribution is 2.65. The van der Waals surface area contributed by atoms with Crippen molar-refractivity contribution in [3.63, 3.8) is 0 Å². The molecule has 5 rings (SSSR count). The van der Waals surface area contributed by atoms with Crippen LogP contribution in [0.25, 0.3) is 0 Å². The Morgan fingerprint density at radius 2 is 1.88 bits per heavy atom. The lowest BCUT2D eigenvalue weighted by Crippen LogP contribution is -2.74. The molecule has 1 aromatic rings. The second kappa shape index (κ2) is 10.8. The van der Waals surface area contributed by atoms with Gasteiger partial charge in [-0.2, -0.15) is 0 Å². The number of benzene rings is 1. The number of likely N-dealkylation sites (N-methyl/N-ethyl adjacent to an activating group) is 1. The van der Waals surface area contributed by atoms with Crippen LogP contribution in [0.4, 0.5) is 0 Å². The maximum Gasteiger partial charge on any atom is 0.352 e. The van der Waals surface area contributed by atoms with E-state index in [1.807, 2.05) is 19.2 Å². The van der Waals surface area contributed by atoms with E-state index >= 15 is 0 Å². The van der Waals surface area contributed by atoms with Gasteiger partial charge in [-0.3, -0.25) is 9.59 Å². The first kappa shape index (κ1) is 30.8. The van der Waals surface area contributed by atoms with Gasteiger partial charge in [-0.15, -0.1) is 0 Å². The fraction of sp³-hybridized carbons (Fsp3) is 0.613. The molecule has 12 nitrogen and oxygen atoms in total. The molecule has 1 fully saturated rings. The largest absolute Gasteiger partial charge is 0.493 e. The summed E-state index contributed by atoms with van der Waals surface area (Å²) >= 11 is 0. The van der Waals surface area contributed by atoms with Gasteiger partial charge in [-0.25, -0.2) is 9.59 Å². The minimum absolute atomic E-state index is 0.164. The van der Waals surface area contributed by atoms with E-state index in [2.05, 4.69) is 4.90 Å². The number of carbonyl (C=O) groups excluding carboxylic acids is 4. The monoisotopic (exact) mass is 601 g/mol. The summed E-state index contributed by atoms with van der Waals surface area (Å²) < 4.78 is 33.4. The van der Waals surface area contributed by atoms with Gasteiger partial charge in [0.15, 0.2) is 23.7 Å². The molecule has 12 heteroatoms. The number of carbonyl (C=O) groups is 4. The second-order valence-corrected chi connectivity index (χ2v) is 12.7. The zero-order valence-corrected chi connectivity index (χ0v) is 25.6. The first-order chi connectivity index (χ1) is 20.1. The fourth-order valence-electron chi connectivity index (χ4n) is 6.97. The second-order valence-electron chi connectivity index (χ2n) is 12.7. The van der Waals surface area contributed by atoms with Crippen molar-refractivity contribution >= 4 is 23.9 Å². The number of likely N-dealkylation sites (tertiary alicyclic amines) is 1. The molecule has 0 amide bonds. The maximum absolute atomic E-state index is 13.2. The molecule has 4 aliphatic rings. The van der Waals surface area contributed by atoms with Crippen LogP contribution < -0.4 is 9.47 Å². The van der Waals surface area contributed by atoms with Crippen LogP contribution in [0.1, 0.15) is 65.0 Å². The van der Waals surface area contributed by atoms with E-state index in [9.17, 15) is 24.3 Å². The SMILES string of the molecule is COc1ccc2c3c1O[C@H]1C(OC(=O)C(C)OC(=O)CC(OC(C)=O)C(=O)OC(C)(C)C)=CC[C@@]4(O)[C@@H](C2)N(C)CC[C@]314. The Kier molecular flexibility index (Phi) is 7.75. The summed E-state index contributed by atoms with van der Waals surface area (Å²) in [5, 5.41) is 12.3. The number of aliphatic hydroxyl groups is 1. The smallest absolute Gasteiger partial charge is 0.352 e. The zero-order valence-electron chi connectivity index (χ0n) is 25.6. The summed E-state index contributed by atoms with van der Waals surface area (Å²) in [5.74, 6) is -2.23. The molecule has 2 aliphatic heterocycles. The van der Waals surface area contributed by atoms with Crippen LogP contribution >= 0.6 is 0 Å². The summed E-state index contributed by atoms with van der Waals surface area (Å²) in [4.78, 5) is 52.1. The van der Waals surface area contributed by atoms with Crippen LogP contribution in [-0.4, -0.2) is 90.1 Å². The average Bonchev–Trinajstić information content (AvgIpc) is 3.26. The molecule has 2 unspecified atom stereocenters. The van der Waals surface area contributed by atoms with Crippen LogP contribution in [-0.2, 0) is 50.0 Å². The minimum Gasteiger partial charge on any atom is -0.493 e. The van der Waals surface area contributed by atoms with E-state index in [4.69, 9.17) is 28.4 Å². The predicted octanol–water partition coefficient (Wildman–Crippen LogP) is 2.11. The third-order valence-electron chi connectivity index (χ3n) is 8.75. The standard InChI is InChI=1S/C31H39NO11/c1-16(39-23(34)15-21(40-17(2)33)28(36)43-29(3,4)5)27(35)41-20-10-11-31(37)22-14-18-8-9-19(38-7)25-24(18)30(31,26(20)42-25)12-13-32(22)6/h8-10,16,21-22,26,37H,11-15H2,1-7H3/t16?,21?,22-,26+,30+,31-/m1/s1. The zero-order chi connectivity index (χ0) is 31.5. The van der Waals surface area contributed by atoms with Gasteiger partial charge >= 0.3 is 23.9 Å². The first-order valence-electron chi connectivity index (χ1n) is 14.4. The lowest BCUT2D eigenvalue weighted by Gasteiger charge is -2.61. The Bertz CT molecular complexity index is 1380. The predicted molar refractivity (Wildman–Crippen MR) is 149 cm³/mol. The van der Waals surface area contributed by atoms with Crippen LogP contribution in [0, 0.1) is 0 Å². The number of esters is 4. The Morgan fingerprint density at radius 3 is 2.53 bits per heavy atom. The van der Waals surface area contributed by atoms with Crippen molar-refractivity contribution in [1.29, 1.82) is 0 Å². The van der Waals surface area contributed by atoms with Gasteiger partial charge in [0, 0.05) is 24.9 Å². The van der Waals surface area contributed by atoms with Crippen molar-refractivity contribution in [2.45, 2.75) is 101 Å². The van der Waals surface area contributed by atoms with Gasteiger partial charge in [-0.05, 0) is 71.8 Å². The number of hydrogen-bond donors (Lipinski definition) is 1. The van der Waals surface area contributed by atoms with E-state index in [1.54, 1.807) is 34.0 Å². The van der Waals surface area contributed by atoms with Crippen LogP contribution in [0.2, 0.25) is 0 Å². The van der Waals surface area contributed by atoms with Crippen molar-refractivity contribution in [2.24, 2.45) is 0 Å². The number of rotatable bonds is 8. The molecular weight excluding hydrogens is 562 g/mol. The summed E-state index contributed by atoms with van der Waals surface area (Å²) in [5.41, 5.74) is -0.965. The molecule has 2 aliphatic carbocycles. The summed E-state index contributed by atoms with van der Waals surface area (Å²) in [6.07, 6.45) is -1.25. The van der Waals surface area contributed by atoms with Crippen LogP contribution in [0.15, 0.2) is 24.0 Å². The van der Waals surface area contributed by atoms with E-state index < -0.39 is 65.2 Å². The molecule has 1 aromatic carbocycles. The van der Waals surface area contributed by atoms with E-state index in [1.165, 1.54) is 6.92 Å². The normalized spacial score (nSPS) is 28.3. The van der Waals surface area contributed by atoms with Gasteiger partial charge in [0.2, 0.25) is 6.10 Å². The van der Waals surface area contributed by atoms with Gasteiger partial charge in [0.25, 0.3) is 0 Å². The highest BCUT2D eigenvalue weighted by Gasteiger charge is 2.72. The van der Waals surface area contributed by atoms with E-state index in [-0.39, 0.29) is 18.2 Å². The lowest BCUT2D eigenvalue weighted by atomic mass is 9.50. The van der Waals surface area contributed by atoms with Gasteiger partial charge in [0.05, 0.1) is 24.5 Å². The number of methoxy groups -OCH3 is 1.